The zero-order valence-corrected chi connectivity index (χ0v) is 13.5. The Morgan fingerprint density at radius 1 is 1.32 bits per heavy atom. The molecule has 0 aromatic heterocycles. The molecule has 1 aromatic carbocycles. The maximum absolute atomic E-state index is 12.2. The van der Waals surface area contributed by atoms with Gasteiger partial charge in [-0.15, -0.1) is 0 Å². The lowest BCUT2D eigenvalue weighted by Crippen LogP contribution is -2.43. The molecule has 1 aromatic rings. The van der Waals surface area contributed by atoms with Gasteiger partial charge in [-0.1, -0.05) is 12.8 Å². The average molecular weight is 304 g/mol. The Hall–Kier alpha value is -1.88. The van der Waals surface area contributed by atoms with Crippen LogP contribution in [0.5, 0.6) is 0 Å². The molecule has 2 amide bonds. The molecule has 5 heteroatoms. The van der Waals surface area contributed by atoms with E-state index < -0.39 is 5.60 Å². The number of aliphatic hydroxyl groups is 1. The van der Waals surface area contributed by atoms with E-state index in [1.807, 2.05) is 6.92 Å². The predicted molar refractivity (Wildman–Crippen MR) is 86.3 cm³/mol. The maximum Gasteiger partial charge on any atom is 0.321 e. The number of amides is 2. The number of likely N-dealkylation sites (N-methyl/N-ethyl adjacent to an activating group) is 1. The maximum atomic E-state index is 12.2. The fourth-order valence-electron chi connectivity index (χ4n) is 3.06. The minimum Gasteiger partial charge on any atom is -0.388 e. The zero-order chi connectivity index (χ0) is 16.3. The summed E-state index contributed by atoms with van der Waals surface area (Å²) in [7, 11) is 1.68. The van der Waals surface area contributed by atoms with Gasteiger partial charge < -0.3 is 15.3 Å². The first kappa shape index (κ1) is 16.5. The summed E-state index contributed by atoms with van der Waals surface area (Å²) in [6.45, 7) is 3.71. The van der Waals surface area contributed by atoms with Crippen molar-refractivity contribution in [1.82, 2.24) is 4.90 Å². The molecule has 1 aliphatic rings. The first-order chi connectivity index (χ1) is 10.3. The summed E-state index contributed by atoms with van der Waals surface area (Å²) in [5, 5.41) is 13.2. The summed E-state index contributed by atoms with van der Waals surface area (Å²) < 4.78 is 0. The number of anilines is 1. The number of carbonyl (C=O) groups excluding carboxylic acids is 2. The Kier molecular flexibility index (Phi) is 4.86. The summed E-state index contributed by atoms with van der Waals surface area (Å²) in [6.07, 6.45) is 3.52. The number of hydrogen-bond donors (Lipinski definition) is 2. The van der Waals surface area contributed by atoms with E-state index in [0.717, 1.165) is 31.2 Å². The molecule has 0 unspecified atom stereocenters. The molecule has 0 atom stereocenters. The first-order valence-corrected chi connectivity index (χ1v) is 7.67. The molecule has 0 radical (unpaired) electrons. The fourth-order valence-corrected chi connectivity index (χ4v) is 3.06. The van der Waals surface area contributed by atoms with Gasteiger partial charge in [0.15, 0.2) is 5.78 Å². The number of Topliss-reactive ketones (excluding diaryl/α,β-unsaturated/α-hetero) is 1. The molecule has 22 heavy (non-hydrogen) atoms. The highest BCUT2D eigenvalue weighted by Crippen LogP contribution is 2.30. The Morgan fingerprint density at radius 3 is 2.50 bits per heavy atom. The van der Waals surface area contributed by atoms with Crippen molar-refractivity contribution in [2.75, 3.05) is 18.9 Å². The van der Waals surface area contributed by atoms with E-state index in [0.29, 0.717) is 17.8 Å². The average Bonchev–Trinajstić information content (AvgIpc) is 2.84. The van der Waals surface area contributed by atoms with Crippen LogP contribution in [0.3, 0.4) is 0 Å². The molecule has 1 aliphatic carbocycles. The van der Waals surface area contributed by atoms with Crippen LogP contribution < -0.4 is 5.32 Å². The number of benzene rings is 1. The highest BCUT2D eigenvalue weighted by Gasteiger charge is 2.33. The van der Waals surface area contributed by atoms with Gasteiger partial charge >= 0.3 is 6.03 Å². The molecule has 0 aliphatic heterocycles. The third kappa shape index (κ3) is 3.85. The summed E-state index contributed by atoms with van der Waals surface area (Å²) in [6, 6.07) is 4.97. The van der Waals surface area contributed by atoms with Gasteiger partial charge in [0.2, 0.25) is 0 Å². The van der Waals surface area contributed by atoms with Gasteiger partial charge in [-0.2, -0.15) is 0 Å². The molecule has 0 spiro atoms. The molecule has 1 saturated carbocycles. The fraction of sp³-hybridized carbons (Fsp3) is 0.529. The lowest BCUT2D eigenvalue weighted by molar-refractivity contribution is 0.0261. The summed E-state index contributed by atoms with van der Waals surface area (Å²) >= 11 is 0. The van der Waals surface area contributed by atoms with Crippen LogP contribution >= 0.6 is 0 Å². The number of aryl methyl sites for hydroxylation is 1. The number of nitrogens with one attached hydrogen (secondary N) is 1. The van der Waals surface area contributed by atoms with Crippen molar-refractivity contribution in [2.24, 2.45) is 0 Å². The van der Waals surface area contributed by atoms with Gasteiger partial charge in [-0.05, 0) is 50.5 Å². The zero-order valence-electron chi connectivity index (χ0n) is 13.5. The van der Waals surface area contributed by atoms with Gasteiger partial charge in [0, 0.05) is 18.3 Å². The number of nitrogens with zero attached hydrogens (tertiary/aromatic N) is 1. The second-order valence-corrected chi connectivity index (χ2v) is 6.30. The van der Waals surface area contributed by atoms with Crippen molar-refractivity contribution in [1.29, 1.82) is 0 Å². The van der Waals surface area contributed by atoms with E-state index in [1.165, 1.54) is 11.8 Å². The Bertz CT molecular complexity index is 577. The number of urea groups is 1. The molecule has 0 bridgehead atoms. The molecule has 0 heterocycles. The Balaban J connectivity index is 1.99. The Labute approximate surface area is 131 Å². The molecule has 5 nitrogen and oxygen atoms in total. The highest BCUT2D eigenvalue weighted by atomic mass is 16.3. The highest BCUT2D eigenvalue weighted by molar-refractivity contribution is 5.96. The van der Waals surface area contributed by atoms with E-state index in [1.54, 1.807) is 25.2 Å². The van der Waals surface area contributed by atoms with Gasteiger partial charge in [-0.3, -0.25) is 4.79 Å². The van der Waals surface area contributed by atoms with E-state index >= 15 is 0 Å². The minimum absolute atomic E-state index is 0.0101. The molecule has 2 rings (SSSR count). The third-order valence-electron chi connectivity index (χ3n) is 4.27. The lowest BCUT2D eigenvalue weighted by atomic mass is 10.0. The van der Waals surface area contributed by atoms with Gasteiger partial charge in [0.1, 0.15) is 0 Å². The number of ketones is 1. The first-order valence-electron chi connectivity index (χ1n) is 7.67. The topological polar surface area (TPSA) is 69.6 Å². The van der Waals surface area contributed by atoms with Crippen LogP contribution in [0.1, 0.15) is 48.5 Å². The smallest absolute Gasteiger partial charge is 0.321 e. The van der Waals surface area contributed by atoms with Crippen molar-refractivity contribution in [3.05, 3.63) is 29.3 Å². The molecule has 0 saturated heterocycles. The van der Waals surface area contributed by atoms with Crippen molar-refractivity contribution >= 4 is 17.5 Å². The van der Waals surface area contributed by atoms with E-state index in [-0.39, 0.29) is 11.8 Å². The van der Waals surface area contributed by atoms with Crippen LogP contribution in [0, 0.1) is 6.92 Å². The van der Waals surface area contributed by atoms with Crippen LogP contribution in [-0.2, 0) is 0 Å². The van der Waals surface area contributed by atoms with Crippen molar-refractivity contribution in [2.45, 2.75) is 45.1 Å². The second-order valence-electron chi connectivity index (χ2n) is 6.30. The second kappa shape index (κ2) is 6.48. The molecular weight excluding hydrogens is 280 g/mol. The van der Waals surface area contributed by atoms with Crippen molar-refractivity contribution in [3.8, 4) is 0 Å². The van der Waals surface area contributed by atoms with Gasteiger partial charge in [-0.25, -0.2) is 4.79 Å². The summed E-state index contributed by atoms with van der Waals surface area (Å²) in [5.74, 6) is 0.0101. The van der Waals surface area contributed by atoms with Crippen molar-refractivity contribution < 1.29 is 14.7 Å². The monoisotopic (exact) mass is 304 g/mol. The van der Waals surface area contributed by atoms with Crippen LogP contribution in [0.15, 0.2) is 18.2 Å². The third-order valence-corrected chi connectivity index (χ3v) is 4.27. The normalized spacial score (nSPS) is 16.4. The minimum atomic E-state index is -0.750. The number of hydrogen-bond acceptors (Lipinski definition) is 3. The van der Waals surface area contributed by atoms with E-state index in [2.05, 4.69) is 5.32 Å². The van der Waals surface area contributed by atoms with E-state index in [4.69, 9.17) is 0 Å². The van der Waals surface area contributed by atoms with Gasteiger partial charge in [0.25, 0.3) is 0 Å². The van der Waals surface area contributed by atoms with Crippen LogP contribution in [-0.4, -0.2) is 41.0 Å². The largest absolute Gasteiger partial charge is 0.388 e. The molecular formula is C17H24N2O3. The Morgan fingerprint density at radius 2 is 1.95 bits per heavy atom. The standard InChI is InChI=1S/C17H24N2O3/c1-12-10-14(6-7-15(12)13(2)20)18-16(21)19(3)11-17(22)8-4-5-9-17/h6-7,10,22H,4-5,8-9,11H2,1-3H3,(H,18,21). The van der Waals surface area contributed by atoms with Crippen LogP contribution in [0.25, 0.3) is 0 Å². The van der Waals surface area contributed by atoms with Crippen LogP contribution in [0.2, 0.25) is 0 Å². The molecule has 120 valence electrons. The van der Waals surface area contributed by atoms with Crippen LogP contribution in [0.4, 0.5) is 10.5 Å². The predicted octanol–water partition coefficient (Wildman–Crippen LogP) is 2.97. The SMILES string of the molecule is CC(=O)c1ccc(NC(=O)N(C)CC2(O)CCCC2)cc1C. The van der Waals surface area contributed by atoms with Crippen molar-refractivity contribution in [3.63, 3.8) is 0 Å². The molecule has 2 N–H and O–H groups in total. The van der Waals surface area contributed by atoms with E-state index in [9.17, 15) is 14.7 Å². The van der Waals surface area contributed by atoms with Gasteiger partial charge in [0.05, 0.1) is 12.1 Å². The summed E-state index contributed by atoms with van der Waals surface area (Å²) in [4.78, 5) is 25.1. The number of carbonyl (C=O) groups is 2. The number of rotatable bonds is 4. The lowest BCUT2D eigenvalue weighted by Gasteiger charge is -2.28. The molecule has 1 fully saturated rings. The quantitative estimate of drug-likeness (QED) is 0.840. The summed E-state index contributed by atoms with van der Waals surface area (Å²) in [5.41, 5.74) is 1.40.